The molecule has 1 rings (SSSR count). The van der Waals surface area contributed by atoms with Crippen molar-refractivity contribution in [1.29, 1.82) is 0 Å². The van der Waals surface area contributed by atoms with E-state index in [2.05, 4.69) is 26.6 Å². The molecule has 0 aliphatic rings. The largest absolute Gasteiger partial charge is 0.480 e. The summed E-state index contributed by atoms with van der Waals surface area (Å²) in [5.41, 5.74) is -0.368. The molecule has 116 valence electrons. The number of hydrogen-bond donors (Lipinski definition) is 3. The molecule has 0 aliphatic heterocycles. The Morgan fingerprint density at radius 3 is 2.57 bits per heavy atom. The van der Waals surface area contributed by atoms with E-state index in [4.69, 9.17) is 5.11 Å². The molecule has 0 aromatic heterocycles. The molecule has 1 aromatic rings. The Bertz CT molecular complexity index is 540. The van der Waals surface area contributed by atoms with Gasteiger partial charge in [-0.25, -0.2) is 18.4 Å². The number of nitrogens with one attached hydrogen (secondary N) is 2. The van der Waals surface area contributed by atoms with Crippen LogP contribution in [-0.4, -0.2) is 23.1 Å². The number of amides is 2. The Kier molecular flexibility index (Phi) is 6.54. The first-order valence-electron chi connectivity index (χ1n) is 6.30. The average Bonchev–Trinajstić information content (AvgIpc) is 2.40. The SMILES string of the molecule is CCCC[C@H](NC(=O)Nc1cc(F)c(Br)cc1F)C(=O)O. The van der Waals surface area contributed by atoms with Crippen LogP contribution in [-0.2, 0) is 4.79 Å². The van der Waals surface area contributed by atoms with Crippen LogP contribution in [0.15, 0.2) is 16.6 Å². The maximum Gasteiger partial charge on any atom is 0.326 e. The van der Waals surface area contributed by atoms with Crippen LogP contribution in [0, 0.1) is 11.6 Å². The van der Waals surface area contributed by atoms with Gasteiger partial charge >= 0.3 is 12.0 Å². The first-order chi connectivity index (χ1) is 9.85. The van der Waals surface area contributed by atoms with Crippen molar-refractivity contribution >= 4 is 33.6 Å². The second-order valence-electron chi connectivity index (χ2n) is 4.38. The lowest BCUT2D eigenvalue weighted by Crippen LogP contribution is -2.43. The van der Waals surface area contributed by atoms with E-state index in [1.54, 1.807) is 0 Å². The molecule has 21 heavy (non-hydrogen) atoms. The number of carboxylic acid groups (broad SMARTS) is 1. The average molecular weight is 365 g/mol. The molecule has 0 bridgehead atoms. The number of carboxylic acids is 1. The minimum absolute atomic E-state index is 0.0719. The van der Waals surface area contributed by atoms with E-state index in [9.17, 15) is 18.4 Å². The van der Waals surface area contributed by atoms with Crippen LogP contribution in [0.5, 0.6) is 0 Å². The third-order valence-corrected chi connectivity index (χ3v) is 3.32. The number of carbonyl (C=O) groups excluding carboxylic acids is 1. The predicted octanol–water partition coefficient (Wildman–Crippen LogP) is 3.49. The summed E-state index contributed by atoms with van der Waals surface area (Å²) in [6, 6.07) is -0.301. The minimum Gasteiger partial charge on any atom is -0.480 e. The van der Waals surface area contributed by atoms with Gasteiger partial charge in [-0.15, -0.1) is 0 Å². The molecule has 0 heterocycles. The number of anilines is 1. The predicted molar refractivity (Wildman–Crippen MR) is 77.2 cm³/mol. The lowest BCUT2D eigenvalue weighted by Gasteiger charge is -2.15. The van der Waals surface area contributed by atoms with Crippen molar-refractivity contribution in [3.8, 4) is 0 Å². The topological polar surface area (TPSA) is 78.4 Å². The molecule has 1 aromatic carbocycles. The Balaban J connectivity index is 2.72. The molecule has 0 radical (unpaired) electrons. The number of carbonyl (C=O) groups is 2. The quantitative estimate of drug-likeness (QED) is 0.676. The molecule has 0 saturated carbocycles. The maximum atomic E-state index is 13.5. The number of benzene rings is 1. The Hall–Kier alpha value is -1.70. The first kappa shape index (κ1) is 17.4. The van der Waals surface area contributed by atoms with E-state index in [1.165, 1.54) is 0 Å². The van der Waals surface area contributed by atoms with Gasteiger partial charge in [-0.05, 0) is 28.4 Å². The van der Waals surface area contributed by atoms with Crippen LogP contribution in [0.25, 0.3) is 0 Å². The monoisotopic (exact) mass is 364 g/mol. The molecular weight excluding hydrogens is 350 g/mol. The van der Waals surface area contributed by atoms with E-state index in [-0.39, 0.29) is 16.6 Å². The van der Waals surface area contributed by atoms with Gasteiger partial charge in [0.15, 0.2) is 0 Å². The molecule has 5 nitrogen and oxygen atoms in total. The van der Waals surface area contributed by atoms with Crippen molar-refractivity contribution < 1.29 is 23.5 Å². The van der Waals surface area contributed by atoms with Crippen molar-refractivity contribution in [2.45, 2.75) is 32.2 Å². The zero-order valence-electron chi connectivity index (χ0n) is 11.3. The summed E-state index contributed by atoms with van der Waals surface area (Å²) < 4.78 is 26.7. The minimum atomic E-state index is -1.18. The van der Waals surface area contributed by atoms with Crippen LogP contribution < -0.4 is 10.6 Å². The van der Waals surface area contributed by atoms with E-state index >= 15 is 0 Å². The molecule has 1 atom stereocenters. The van der Waals surface area contributed by atoms with Gasteiger partial charge in [0.2, 0.25) is 0 Å². The second kappa shape index (κ2) is 7.92. The Morgan fingerprint density at radius 1 is 1.33 bits per heavy atom. The highest BCUT2D eigenvalue weighted by Crippen LogP contribution is 2.23. The summed E-state index contributed by atoms with van der Waals surface area (Å²) in [7, 11) is 0. The van der Waals surface area contributed by atoms with E-state index in [1.807, 2.05) is 6.92 Å². The Morgan fingerprint density at radius 2 is 2.00 bits per heavy atom. The van der Waals surface area contributed by atoms with Gasteiger partial charge < -0.3 is 15.7 Å². The van der Waals surface area contributed by atoms with Crippen LogP contribution in [0.1, 0.15) is 26.2 Å². The number of unbranched alkanes of at least 4 members (excludes halogenated alkanes) is 1. The molecule has 8 heteroatoms. The molecule has 0 fully saturated rings. The van der Waals surface area contributed by atoms with Gasteiger partial charge in [0.1, 0.15) is 17.7 Å². The van der Waals surface area contributed by atoms with Gasteiger partial charge in [-0.2, -0.15) is 0 Å². The third-order valence-electron chi connectivity index (χ3n) is 2.71. The number of rotatable bonds is 6. The fourth-order valence-electron chi connectivity index (χ4n) is 1.60. The molecule has 0 saturated heterocycles. The highest BCUT2D eigenvalue weighted by molar-refractivity contribution is 9.10. The lowest BCUT2D eigenvalue weighted by atomic mass is 10.1. The normalized spacial score (nSPS) is 11.8. The lowest BCUT2D eigenvalue weighted by molar-refractivity contribution is -0.139. The molecule has 3 N–H and O–H groups in total. The summed E-state index contributed by atoms with van der Waals surface area (Å²) in [5, 5.41) is 13.3. The molecule has 0 spiro atoms. The smallest absolute Gasteiger partial charge is 0.326 e. The van der Waals surface area contributed by atoms with Crippen molar-refractivity contribution in [2.24, 2.45) is 0 Å². The molecule has 0 aliphatic carbocycles. The highest BCUT2D eigenvalue weighted by Gasteiger charge is 2.20. The van der Waals surface area contributed by atoms with Gasteiger partial charge in [0.05, 0.1) is 10.2 Å². The van der Waals surface area contributed by atoms with E-state index in [0.717, 1.165) is 18.6 Å². The zero-order valence-corrected chi connectivity index (χ0v) is 12.8. The van der Waals surface area contributed by atoms with Crippen molar-refractivity contribution in [1.82, 2.24) is 5.32 Å². The highest BCUT2D eigenvalue weighted by atomic mass is 79.9. The number of aliphatic carboxylic acids is 1. The van der Waals surface area contributed by atoms with Crippen LogP contribution in [0.4, 0.5) is 19.3 Å². The fraction of sp³-hybridized carbons (Fsp3) is 0.385. The summed E-state index contributed by atoms with van der Waals surface area (Å²) >= 11 is 2.81. The van der Waals surface area contributed by atoms with Gasteiger partial charge in [0.25, 0.3) is 0 Å². The summed E-state index contributed by atoms with van der Waals surface area (Å²) in [6.45, 7) is 1.89. The van der Waals surface area contributed by atoms with Crippen molar-refractivity contribution in [2.75, 3.05) is 5.32 Å². The third kappa shape index (κ3) is 5.30. The van der Waals surface area contributed by atoms with Crippen LogP contribution >= 0.6 is 15.9 Å². The van der Waals surface area contributed by atoms with Gasteiger partial charge in [-0.1, -0.05) is 19.8 Å². The fourth-order valence-corrected chi connectivity index (χ4v) is 1.92. The van der Waals surface area contributed by atoms with Gasteiger partial charge in [-0.3, -0.25) is 0 Å². The summed E-state index contributed by atoms with van der Waals surface area (Å²) in [4.78, 5) is 22.6. The number of halogens is 3. The second-order valence-corrected chi connectivity index (χ2v) is 5.23. The van der Waals surface area contributed by atoms with Crippen LogP contribution in [0.2, 0.25) is 0 Å². The number of urea groups is 1. The van der Waals surface area contributed by atoms with Gasteiger partial charge in [0, 0.05) is 6.07 Å². The van der Waals surface area contributed by atoms with Crippen LogP contribution in [0.3, 0.4) is 0 Å². The van der Waals surface area contributed by atoms with E-state index < -0.39 is 29.7 Å². The Labute approximate surface area is 128 Å². The standard InChI is InChI=1S/C13H15BrF2N2O3/c1-2-3-4-10(12(19)20)17-13(21)18-11-6-8(15)7(14)5-9(11)16/h5-6,10H,2-4H2,1H3,(H,19,20)(H2,17,18,21)/t10-/m0/s1. The zero-order chi connectivity index (χ0) is 16.0. The van der Waals surface area contributed by atoms with Crippen molar-refractivity contribution in [3.63, 3.8) is 0 Å². The summed E-state index contributed by atoms with van der Waals surface area (Å²) in [5.74, 6) is -2.76. The molecule has 2 amide bonds. The number of hydrogen-bond acceptors (Lipinski definition) is 2. The maximum absolute atomic E-state index is 13.5. The first-order valence-corrected chi connectivity index (χ1v) is 7.09. The molecule has 0 unspecified atom stereocenters. The van der Waals surface area contributed by atoms with E-state index in [0.29, 0.717) is 6.42 Å². The van der Waals surface area contributed by atoms with Crippen molar-refractivity contribution in [3.05, 3.63) is 28.2 Å². The molecular formula is C13H15BrF2N2O3. The summed E-state index contributed by atoms with van der Waals surface area (Å²) in [6.07, 6.45) is 1.66.